The Morgan fingerprint density at radius 3 is 2.50 bits per heavy atom. The van der Waals surface area contributed by atoms with Crippen molar-refractivity contribution in [2.24, 2.45) is 0 Å². The third kappa shape index (κ3) is 5.25. The van der Waals surface area contributed by atoms with Crippen LogP contribution < -0.4 is 10.6 Å². The number of benzene rings is 2. The fourth-order valence-electron chi connectivity index (χ4n) is 2.67. The molecular formula is C21H20N4O3S2. The monoisotopic (exact) mass is 440 g/mol. The van der Waals surface area contributed by atoms with E-state index in [9.17, 15) is 14.9 Å². The molecule has 0 saturated heterocycles. The van der Waals surface area contributed by atoms with Crippen molar-refractivity contribution < 1.29 is 9.72 Å². The van der Waals surface area contributed by atoms with Crippen molar-refractivity contribution in [1.29, 1.82) is 0 Å². The molecule has 0 aliphatic heterocycles. The SMILES string of the molecule is CC(C)(C)c1ccc(C(=O)NC(=S)Nc2nc(-c3cccc([N+](=O)[O-])c3)cs2)cc1. The van der Waals surface area contributed by atoms with Crippen LogP contribution in [0.3, 0.4) is 0 Å². The van der Waals surface area contributed by atoms with Crippen molar-refractivity contribution in [2.45, 2.75) is 26.2 Å². The number of hydrogen-bond donors (Lipinski definition) is 2. The van der Waals surface area contributed by atoms with Gasteiger partial charge in [-0.1, -0.05) is 45.0 Å². The number of amides is 1. The normalized spacial score (nSPS) is 11.0. The molecule has 1 amide bonds. The summed E-state index contributed by atoms with van der Waals surface area (Å²) in [6.45, 7) is 6.32. The standard InChI is InChI=1S/C21H20N4O3S2/c1-21(2,3)15-9-7-13(8-10-15)18(26)23-19(29)24-20-22-17(12-30-20)14-5-4-6-16(11-14)25(27)28/h4-12H,1-3H3,(H2,22,23,24,26,29). The molecule has 0 saturated carbocycles. The summed E-state index contributed by atoms with van der Waals surface area (Å²) in [4.78, 5) is 27.3. The molecule has 3 aromatic rings. The average Bonchev–Trinajstić information content (AvgIpc) is 3.15. The predicted octanol–water partition coefficient (Wildman–Crippen LogP) is 5.14. The minimum absolute atomic E-state index is 0.00438. The van der Waals surface area contributed by atoms with Gasteiger partial charge in [-0.25, -0.2) is 4.98 Å². The highest BCUT2D eigenvalue weighted by Gasteiger charge is 2.15. The lowest BCUT2D eigenvalue weighted by molar-refractivity contribution is -0.384. The maximum atomic E-state index is 12.4. The van der Waals surface area contributed by atoms with E-state index in [-0.39, 0.29) is 22.1 Å². The van der Waals surface area contributed by atoms with Gasteiger partial charge in [0, 0.05) is 28.6 Å². The average molecular weight is 441 g/mol. The fourth-order valence-corrected chi connectivity index (χ4v) is 3.65. The van der Waals surface area contributed by atoms with E-state index in [1.54, 1.807) is 29.6 Å². The number of non-ortho nitro benzene ring substituents is 1. The van der Waals surface area contributed by atoms with Crippen molar-refractivity contribution >= 4 is 45.4 Å². The zero-order valence-electron chi connectivity index (χ0n) is 16.6. The Hall–Kier alpha value is -3.17. The first-order valence-electron chi connectivity index (χ1n) is 9.07. The van der Waals surface area contributed by atoms with Crippen LogP contribution in [-0.2, 0) is 5.41 Å². The number of hydrogen-bond acceptors (Lipinski definition) is 6. The van der Waals surface area contributed by atoms with Gasteiger partial charge in [0.05, 0.1) is 10.6 Å². The summed E-state index contributed by atoms with van der Waals surface area (Å²) in [7, 11) is 0. The Morgan fingerprint density at radius 1 is 1.17 bits per heavy atom. The van der Waals surface area contributed by atoms with Crippen LogP contribution >= 0.6 is 23.6 Å². The molecule has 0 spiro atoms. The van der Waals surface area contributed by atoms with E-state index in [1.807, 2.05) is 12.1 Å². The van der Waals surface area contributed by atoms with Gasteiger partial charge in [0.15, 0.2) is 10.2 Å². The minimum atomic E-state index is -0.451. The molecule has 0 bridgehead atoms. The number of nitro groups is 1. The molecule has 2 aromatic carbocycles. The highest BCUT2D eigenvalue weighted by molar-refractivity contribution is 7.80. The van der Waals surface area contributed by atoms with E-state index >= 15 is 0 Å². The van der Waals surface area contributed by atoms with Crippen LogP contribution in [0.4, 0.5) is 10.8 Å². The number of thiocarbonyl (C=S) groups is 1. The molecule has 2 N–H and O–H groups in total. The molecule has 1 aromatic heterocycles. The molecule has 0 fully saturated rings. The first kappa shape index (κ1) is 21.5. The molecule has 0 aliphatic carbocycles. The van der Waals surface area contributed by atoms with Gasteiger partial charge in [-0.2, -0.15) is 0 Å². The maximum Gasteiger partial charge on any atom is 0.270 e. The lowest BCUT2D eigenvalue weighted by Gasteiger charge is -2.19. The second kappa shape index (κ2) is 8.68. The van der Waals surface area contributed by atoms with Crippen LogP contribution in [0.2, 0.25) is 0 Å². The molecule has 0 unspecified atom stereocenters. The summed E-state index contributed by atoms with van der Waals surface area (Å²) in [5.74, 6) is -0.316. The topological polar surface area (TPSA) is 97.2 Å². The lowest BCUT2D eigenvalue weighted by atomic mass is 9.87. The second-order valence-corrected chi connectivity index (χ2v) is 8.85. The van der Waals surface area contributed by atoms with Crippen LogP contribution in [0, 0.1) is 10.1 Å². The third-order valence-electron chi connectivity index (χ3n) is 4.32. The Kier molecular flexibility index (Phi) is 6.23. The zero-order chi connectivity index (χ0) is 21.9. The maximum absolute atomic E-state index is 12.4. The van der Waals surface area contributed by atoms with Crippen molar-refractivity contribution in [3.63, 3.8) is 0 Å². The highest BCUT2D eigenvalue weighted by Crippen LogP contribution is 2.27. The first-order valence-corrected chi connectivity index (χ1v) is 10.4. The minimum Gasteiger partial charge on any atom is -0.308 e. The van der Waals surface area contributed by atoms with Crippen LogP contribution in [0.25, 0.3) is 11.3 Å². The van der Waals surface area contributed by atoms with E-state index in [4.69, 9.17) is 12.2 Å². The van der Waals surface area contributed by atoms with E-state index in [1.165, 1.54) is 23.5 Å². The number of carbonyl (C=O) groups is 1. The molecule has 7 nitrogen and oxygen atoms in total. The molecule has 0 radical (unpaired) electrons. The van der Waals surface area contributed by atoms with Crippen LogP contribution in [0.1, 0.15) is 36.7 Å². The van der Waals surface area contributed by atoms with Crippen LogP contribution in [-0.4, -0.2) is 20.9 Å². The number of nitrogens with one attached hydrogen (secondary N) is 2. The lowest BCUT2D eigenvalue weighted by Crippen LogP contribution is -2.34. The summed E-state index contributed by atoms with van der Waals surface area (Å²) in [5.41, 5.74) is 2.85. The number of aromatic nitrogens is 1. The second-order valence-electron chi connectivity index (χ2n) is 7.58. The predicted molar refractivity (Wildman–Crippen MR) is 123 cm³/mol. The molecule has 154 valence electrons. The molecule has 0 aliphatic rings. The Labute approximate surface area is 183 Å². The number of thiazole rings is 1. The van der Waals surface area contributed by atoms with Crippen molar-refractivity contribution in [2.75, 3.05) is 5.32 Å². The number of rotatable bonds is 4. The molecule has 0 atom stereocenters. The summed E-state index contributed by atoms with van der Waals surface area (Å²) in [5, 5.41) is 18.8. The van der Waals surface area contributed by atoms with E-state index in [0.717, 1.165) is 5.56 Å². The smallest absolute Gasteiger partial charge is 0.270 e. The van der Waals surface area contributed by atoms with Crippen LogP contribution in [0.15, 0.2) is 53.9 Å². The van der Waals surface area contributed by atoms with E-state index in [2.05, 4.69) is 36.4 Å². The van der Waals surface area contributed by atoms with Gasteiger partial charge in [0.2, 0.25) is 0 Å². The van der Waals surface area contributed by atoms with Crippen molar-refractivity contribution in [1.82, 2.24) is 10.3 Å². The summed E-state index contributed by atoms with van der Waals surface area (Å²) in [6.07, 6.45) is 0. The molecule has 3 rings (SSSR count). The summed E-state index contributed by atoms with van der Waals surface area (Å²) in [6, 6.07) is 13.6. The Morgan fingerprint density at radius 2 is 1.87 bits per heavy atom. The highest BCUT2D eigenvalue weighted by atomic mass is 32.1. The van der Waals surface area contributed by atoms with E-state index < -0.39 is 4.92 Å². The zero-order valence-corrected chi connectivity index (χ0v) is 18.3. The molecular weight excluding hydrogens is 420 g/mol. The first-order chi connectivity index (χ1) is 14.1. The summed E-state index contributed by atoms with van der Waals surface area (Å²) < 4.78 is 0. The molecule has 1 heterocycles. The number of nitro benzene ring substituents is 1. The van der Waals surface area contributed by atoms with Crippen LogP contribution in [0.5, 0.6) is 0 Å². The number of carbonyl (C=O) groups excluding carboxylic acids is 1. The van der Waals surface area contributed by atoms with Gasteiger partial charge in [-0.15, -0.1) is 11.3 Å². The van der Waals surface area contributed by atoms with Gasteiger partial charge in [-0.3, -0.25) is 20.2 Å². The van der Waals surface area contributed by atoms with Gasteiger partial charge in [0.1, 0.15) is 0 Å². The third-order valence-corrected chi connectivity index (χ3v) is 5.28. The summed E-state index contributed by atoms with van der Waals surface area (Å²) >= 11 is 6.50. The number of nitrogens with zero attached hydrogens (tertiary/aromatic N) is 2. The van der Waals surface area contributed by atoms with Gasteiger partial charge < -0.3 is 5.32 Å². The van der Waals surface area contributed by atoms with Gasteiger partial charge in [-0.05, 0) is 35.3 Å². The quantitative estimate of drug-likeness (QED) is 0.331. The molecule has 30 heavy (non-hydrogen) atoms. The molecule has 9 heteroatoms. The van der Waals surface area contributed by atoms with Crippen molar-refractivity contribution in [3.05, 3.63) is 75.2 Å². The van der Waals surface area contributed by atoms with Gasteiger partial charge in [0.25, 0.3) is 11.6 Å². The van der Waals surface area contributed by atoms with Crippen molar-refractivity contribution in [3.8, 4) is 11.3 Å². The van der Waals surface area contributed by atoms with Gasteiger partial charge >= 0.3 is 0 Å². The van der Waals surface area contributed by atoms with E-state index in [0.29, 0.717) is 22.0 Å². The largest absolute Gasteiger partial charge is 0.308 e. The fraction of sp³-hybridized carbons (Fsp3) is 0.190. The number of anilines is 1. The Balaban J connectivity index is 1.64. The Bertz CT molecular complexity index is 1100.